The molecule has 108 valence electrons. The summed E-state index contributed by atoms with van der Waals surface area (Å²) in [4.78, 5) is 13.2. The Morgan fingerprint density at radius 2 is 2.10 bits per heavy atom. The lowest BCUT2D eigenvalue weighted by Crippen LogP contribution is -2.20. The number of carbonyl (C=O) groups excluding carboxylic acids is 1. The third-order valence-electron chi connectivity index (χ3n) is 3.77. The highest BCUT2D eigenvalue weighted by Gasteiger charge is 2.26. The number of likely N-dealkylation sites (N-methyl/N-ethyl adjacent to an activating group) is 1. The summed E-state index contributed by atoms with van der Waals surface area (Å²) in [5.74, 6) is -0.552. The standard InChI is InChI=1S/C16H13ClFNO2/c1-19-13-6-5-9(7-10(13)8-14(19)20)16(21)15-11(17)3-2-4-12(15)18/h2-7,16,21H,8H2,1H3. The van der Waals surface area contributed by atoms with Gasteiger partial charge >= 0.3 is 0 Å². The van der Waals surface area contributed by atoms with Gasteiger partial charge in [-0.15, -0.1) is 0 Å². The number of amides is 1. The maximum absolute atomic E-state index is 13.9. The zero-order valence-electron chi connectivity index (χ0n) is 11.3. The number of fused-ring (bicyclic) bond motifs is 1. The molecule has 3 rings (SSSR count). The van der Waals surface area contributed by atoms with E-state index in [0.717, 1.165) is 11.3 Å². The van der Waals surface area contributed by atoms with Gasteiger partial charge in [0.2, 0.25) is 5.91 Å². The van der Waals surface area contributed by atoms with Gasteiger partial charge in [0.1, 0.15) is 11.9 Å². The van der Waals surface area contributed by atoms with Crippen molar-refractivity contribution in [3.05, 3.63) is 63.9 Å². The molecule has 1 atom stereocenters. The fourth-order valence-electron chi connectivity index (χ4n) is 2.60. The molecule has 0 fully saturated rings. The minimum absolute atomic E-state index is 0.000522. The number of aliphatic hydroxyl groups is 1. The molecule has 0 saturated carbocycles. The number of carbonyl (C=O) groups is 1. The van der Waals surface area contributed by atoms with Gasteiger partial charge in [0.15, 0.2) is 0 Å². The van der Waals surface area contributed by atoms with Crippen LogP contribution in [0.25, 0.3) is 0 Å². The van der Waals surface area contributed by atoms with Crippen molar-refractivity contribution in [3.63, 3.8) is 0 Å². The summed E-state index contributed by atoms with van der Waals surface area (Å²) in [6.07, 6.45) is -0.873. The van der Waals surface area contributed by atoms with E-state index in [1.54, 1.807) is 30.1 Å². The number of aliphatic hydroxyl groups excluding tert-OH is 1. The molecule has 2 aromatic rings. The van der Waals surface area contributed by atoms with E-state index in [0.29, 0.717) is 5.56 Å². The molecular weight excluding hydrogens is 293 g/mol. The third kappa shape index (κ3) is 2.30. The van der Waals surface area contributed by atoms with Crippen LogP contribution in [-0.2, 0) is 11.2 Å². The van der Waals surface area contributed by atoms with E-state index in [4.69, 9.17) is 11.6 Å². The smallest absolute Gasteiger partial charge is 0.231 e. The second-order valence-corrected chi connectivity index (χ2v) is 5.46. The molecule has 1 heterocycles. The van der Waals surface area contributed by atoms with Gasteiger partial charge in [0.05, 0.1) is 6.42 Å². The molecular formula is C16H13ClFNO2. The number of hydrogen-bond donors (Lipinski definition) is 1. The minimum Gasteiger partial charge on any atom is -0.383 e. The Bertz CT molecular complexity index is 712. The molecule has 0 aliphatic carbocycles. The lowest BCUT2D eigenvalue weighted by molar-refractivity contribution is -0.117. The lowest BCUT2D eigenvalue weighted by atomic mass is 9.98. The quantitative estimate of drug-likeness (QED) is 0.926. The molecule has 1 unspecified atom stereocenters. The van der Waals surface area contributed by atoms with Gasteiger partial charge in [-0.1, -0.05) is 29.8 Å². The maximum Gasteiger partial charge on any atom is 0.231 e. The molecule has 1 aliphatic heterocycles. The average Bonchev–Trinajstić information content (AvgIpc) is 2.73. The Balaban J connectivity index is 2.02. The predicted molar refractivity (Wildman–Crippen MR) is 79.0 cm³/mol. The first-order valence-electron chi connectivity index (χ1n) is 6.50. The highest BCUT2D eigenvalue weighted by molar-refractivity contribution is 6.31. The van der Waals surface area contributed by atoms with Crippen molar-refractivity contribution in [2.75, 3.05) is 11.9 Å². The molecule has 0 aromatic heterocycles. The van der Waals surface area contributed by atoms with Gasteiger partial charge in [0, 0.05) is 23.3 Å². The molecule has 5 heteroatoms. The van der Waals surface area contributed by atoms with Crippen LogP contribution in [0.5, 0.6) is 0 Å². The zero-order chi connectivity index (χ0) is 15.1. The van der Waals surface area contributed by atoms with Crippen molar-refractivity contribution in [1.29, 1.82) is 0 Å². The Labute approximate surface area is 126 Å². The minimum atomic E-state index is -1.16. The highest BCUT2D eigenvalue weighted by Crippen LogP contribution is 2.34. The monoisotopic (exact) mass is 305 g/mol. The zero-order valence-corrected chi connectivity index (χ0v) is 12.1. The molecule has 1 aliphatic rings. The number of halogens is 2. The molecule has 0 radical (unpaired) electrons. The number of hydrogen-bond acceptors (Lipinski definition) is 2. The third-order valence-corrected chi connectivity index (χ3v) is 4.10. The highest BCUT2D eigenvalue weighted by atomic mass is 35.5. The first kappa shape index (κ1) is 14.0. The van der Waals surface area contributed by atoms with Gasteiger partial charge in [-0.2, -0.15) is 0 Å². The fourth-order valence-corrected chi connectivity index (χ4v) is 2.87. The SMILES string of the molecule is CN1C(=O)Cc2cc(C(O)c3c(F)cccc3Cl)ccc21. The molecule has 0 spiro atoms. The van der Waals surface area contributed by atoms with E-state index < -0.39 is 11.9 Å². The Kier molecular flexibility index (Phi) is 3.43. The van der Waals surface area contributed by atoms with E-state index in [2.05, 4.69) is 0 Å². The van der Waals surface area contributed by atoms with Crippen LogP contribution >= 0.6 is 11.6 Å². The second-order valence-electron chi connectivity index (χ2n) is 5.06. The average molecular weight is 306 g/mol. The summed E-state index contributed by atoms with van der Waals surface area (Å²) in [6.45, 7) is 0. The molecule has 0 saturated heterocycles. The maximum atomic E-state index is 13.9. The van der Waals surface area contributed by atoms with Crippen LogP contribution < -0.4 is 4.90 Å². The van der Waals surface area contributed by atoms with E-state index in [-0.39, 0.29) is 22.9 Å². The lowest BCUT2D eigenvalue weighted by Gasteiger charge is -2.16. The van der Waals surface area contributed by atoms with Gasteiger partial charge in [-0.05, 0) is 29.3 Å². The first-order valence-corrected chi connectivity index (χ1v) is 6.88. The van der Waals surface area contributed by atoms with E-state index in [1.165, 1.54) is 18.2 Å². The summed E-state index contributed by atoms with van der Waals surface area (Å²) in [5.41, 5.74) is 2.21. The normalized spacial score (nSPS) is 15.2. The molecule has 21 heavy (non-hydrogen) atoms. The molecule has 1 N–H and O–H groups in total. The van der Waals surface area contributed by atoms with Crippen LogP contribution in [0.15, 0.2) is 36.4 Å². The van der Waals surface area contributed by atoms with Crippen LogP contribution in [0, 0.1) is 5.82 Å². The van der Waals surface area contributed by atoms with Crippen molar-refractivity contribution in [3.8, 4) is 0 Å². The van der Waals surface area contributed by atoms with Crippen molar-refractivity contribution in [1.82, 2.24) is 0 Å². The Morgan fingerprint density at radius 3 is 2.81 bits per heavy atom. The topological polar surface area (TPSA) is 40.5 Å². The molecule has 0 bridgehead atoms. The molecule has 2 aromatic carbocycles. The summed E-state index contributed by atoms with van der Waals surface area (Å²) >= 11 is 5.98. The Morgan fingerprint density at radius 1 is 1.33 bits per heavy atom. The van der Waals surface area contributed by atoms with E-state index in [1.807, 2.05) is 0 Å². The van der Waals surface area contributed by atoms with Crippen molar-refractivity contribution >= 4 is 23.2 Å². The fraction of sp³-hybridized carbons (Fsp3) is 0.188. The largest absolute Gasteiger partial charge is 0.383 e. The van der Waals surface area contributed by atoms with Crippen LogP contribution in [0.2, 0.25) is 5.02 Å². The van der Waals surface area contributed by atoms with Crippen LogP contribution in [0.1, 0.15) is 22.8 Å². The van der Waals surface area contributed by atoms with Gasteiger partial charge < -0.3 is 10.0 Å². The van der Waals surface area contributed by atoms with Crippen LogP contribution in [0.4, 0.5) is 10.1 Å². The van der Waals surface area contributed by atoms with E-state index >= 15 is 0 Å². The summed E-state index contributed by atoms with van der Waals surface area (Å²) in [6, 6.07) is 9.45. The van der Waals surface area contributed by atoms with Gasteiger partial charge in [-0.25, -0.2) is 4.39 Å². The Hall–Kier alpha value is -1.91. The first-order chi connectivity index (χ1) is 9.99. The van der Waals surface area contributed by atoms with Gasteiger partial charge in [-0.3, -0.25) is 4.79 Å². The van der Waals surface area contributed by atoms with E-state index in [9.17, 15) is 14.3 Å². The number of anilines is 1. The summed E-state index contributed by atoms with van der Waals surface area (Å²) in [5, 5.41) is 10.6. The van der Waals surface area contributed by atoms with Crippen molar-refractivity contribution in [2.24, 2.45) is 0 Å². The second kappa shape index (κ2) is 5.13. The number of nitrogens with zero attached hydrogens (tertiary/aromatic N) is 1. The van der Waals surface area contributed by atoms with Gasteiger partial charge in [0.25, 0.3) is 0 Å². The molecule has 1 amide bonds. The van der Waals surface area contributed by atoms with Crippen molar-refractivity contribution in [2.45, 2.75) is 12.5 Å². The summed E-state index contributed by atoms with van der Waals surface area (Å²) < 4.78 is 13.9. The van der Waals surface area contributed by atoms with Crippen molar-refractivity contribution < 1.29 is 14.3 Å². The summed E-state index contributed by atoms with van der Waals surface area (Å²) in [7, 11) is 1.71. The molecule has 3 nitrogen and oxygen atoms in total. The van der Waals surface area contributed by atoms with Crippen LogP contribution in [-0.4, -0.2) is 18.1 Å². The van der Waals surface area contributed by atoms with Crippen LogP contribution in [0.3, 0.4) is 0 Å². The predicted octanol–water partition coefficient (Wildman–Crippen LogP) is 3.08. The number of rotatable bonds is 2. The number of benzene rings is 2.